The van der Waals surface area contributed by atoms with Crippen LogP contribution < -0.4 is 16.4 Å². The second-order valence-corrected chi connectivity index (χ2v) is 6.81. The highest BCUT2D eigenvalue weighted by Gasteiger charge is 2.35. The fourth-order valence-corrected chi connectivity index (χ4v) is 3.29. The number of nitrogens with two attached hydrogens (primary N) is 2. The Kier molecular flexibility index (Phi) is 6.95. The van der Waals surface area contributed by atoms with E-state index in [1.807, 2.05) is 0 Å². The van der Waals surface area contributed by atoms with Crippen molar-refractivity contribution in [3.8, 4) is 0 Å². The van der Waals surface area contributed by atoms with Crippen molar-refractivity contribution in [3.63, 3.8) is 0 Å². The number of benzene rings is 1. The Bertz CT molecular complexity index is 854. The molecule has 2 amide bonds. The minimum Gasteiger partial charge on any atom is -0.397 e. The van der Waals surface area contributed by atoms with Crippen LogP contribution in [0.25, 0.3) is 0 Å². The van der Waals surface area contributed by atoms with Crippen LogP contribution in [0.2, 0.25) is 0 Å². The van der Waals surface area contributed by atoms with E-state index >= 15 is 0 Å². The predicted octanol–water partition coefficient (Wildman–Crippen LogP) is 3.98. The highest BCUT2D eigenvalue weighted by atomic mass is 32.1. The average Bonchev–Trinajstić information content (AvgIpc) is 3.06. The number of hydrogen-bond acceptors (Lipinski definition) is 5. The molecule has 11 heteroatoms. The van der Waals surface area contributed by atoms with E-state index in [-0.39, 0.29) is 29.3 Å². The van der Waals surface area contributed by atoms with Crippen LogP contribution in [0.15, 0.2) is 23.6 Å². The topological polar surface area (TPSA) is 102 Å². The normalized spacial score (nSPS) is 11.4. The number of carbonyl (C=O) groups excluding carboxylic acids is 2. The van der Waals surface area contributed by atoms with E-state index in [4.69, 9.17) is 11.5 Å². The Labute approximate surface area is 162 Å². The van der Waals surface area contributed by atoms with Gasteiger partial charge in [-0.3, -0.25) is 14.5 Å². The monoisotopic (exact) mass is 418 g/mol. The number of unbranched alkanes of at least 4 members (excludes halogenated alkanes) is 2. The number of nitrogens with zero attached hydrogens (tertiary/aromatic N) is 2. The Balaban J connectivity index is 2.25. The molecule has 0 aliphatic rings. The molecule has 0 radical (unpaired) electrons. The minimum atomic E-state index is -4.66. The molecule has 0 aliphatic heterocycles. The van der Waals surface area contributed by atoms with Crippen molar-refractivity contribution in [1.82, 2.24) is 4.98 Å². The van der Waals surface area contributed by atoms with Crippen LogP contribution in [0.5, 0.6) is 0 Å². The van der Waals surface area contributed by atoms with Crippen molar-refractivity contribution in [2.24, 2.45) is 5.73 Å². The molecule has 0 saturated heterocycles. The number of primary amides is 1. The highest BCUT2D eigenvalue weighted by molar-refractivity contribution is 7.14. The largest absolute Gasteiger partial charge is 0.434 e. The molecule has 0 atom stereocenters. The predicted molar refractivity (Wildman–Crippen MR) is 97.4 cm³/mol. The molecule has 0 aliphatic carbocycles. The molecule has 1 aromatic heterocycles. The van der Waals surface area contributed by atoms with Gasteiger partial charge in [0.15, 0.2) is 10.8 Å². The SMILES string of the molecule is NC(=O)CCCCCC(=O)N(c1nc(C(F)(F)F)cs1)c1ccc(F)cc1N. The van der Waals surface area contributed by atoms with Crippen LogP contribution in [0, 0.1) is 5.82 Å². The molecule has 0 saturated carbocycles. The van der Waals surface area contributed by atoms with E-state index in [9.17, 15) is 27.2 Å². The van der Waals surface area contributed by atoms with Crippen molar-refractivity contribution in [2.45, 2.75) is 38.3 Å². The molecule has 6 nitrogen and oxygen atoms in total. The summed E-state index contributed by atoms with van der Waals surface area (Å²) in [7, 11) is 0. The first-order chi connectivity index (χ1) is 13.1. The van der Waals surface area contributed by atoms with Gasteiger partial charge < -0.3 is 11.5 Å². The molecule has 1 heterocycles. The Morgan fingerprint density at radius 2 is 1.82 bits per heavy atom. The number of amides is 2. The van der Waals surface area contributed by atoms with Gasteiger partial charge in [-0.05, 0) is 31.0 Å². The fraction of sp³-hybridized carbons (Fsp3) is 0.353. The summed E-state index contributed by atoms with van der Waals surface area (Å²) in [5, 5.41) is 0.579. The number of thiazole rings is 1. The van der Waals surface area contributed by atoms with Gasteiger partial charge in [0.2, 0.25) is 11.8 Å². The van der Waals surface area contributed by atoms with Gasteiger partial charge in [0.1, 0.15) is 5.82 Å². The first-order valence-electron chi connectivity index (χ1n) is 8.28. The van der Waals surface area contributed by atoms with Crippen LogP contribution >= 0.6 is 11.3 Å². The molecular weight excluding hydrogens is 400 g/mol. The standard InChI is InChI=1S/C17H18F4N4O2S/c18-10-6-7-12(11(22)8-10)25(15(27)5-3-1-2-4-14(23)26)16-24-13(9-28-16)17(19,20)21/h6-9H,1-5,22H2,(H2,23,26). The second kappa shape index (κ2) is 9.00. The maximum Gasteiger partial charge on any atom is 0.434 e. The third-order valence-electron chi connectivity index (χ3n) is 3.77. The third kappa shape index (κ3) is 5.65. The number of anilines is 3. The molecule has 2 rings (SSSR count). The number of nitrogen functional groups attached to an aromatic ring is 1. The smallest absolute Gasteiger partial charge is 0.397 e. The fourth-order valence-electron chi connectivity index (χ4n) is 2.43. The zero-order valence-electron chi connectivity index (χ0n) is 14.6. The summed E-state index contributed by atoms with van der Waals surface area (Å²) in [6, 6.07) is 3.24. The van der Waals surface area contributed by atoms with E-state index in [0.717, 1.165) is 22.4 Å². The minimum absolute atomic E-state index is 0.0174. The van der Waals surface area contributed by atoms with Gasteiger partial charge in [-0.1, -0.05) is 6.42 Å². The molecule has 1 aromatic carbocycles. The number of carbonyl (C=O) groups is 2. The summed E-state index contributed by atoms with van der Waals surface area (Å²) in [4.78, 5) is 27.9. The van der Waals surface area contributed by atoms with Gasteiger partial charge in [0.05, 0.1) is 11.4 Å². The molecule has 4 N–H and O–H groups in total. The Morgan fingerprint density at radius 1 is 1.14 bits per heavy atom. The maximum atomic E-state index is 13.3. The van der Waals surface area contributed by atoms with E-state index < -0.39 is 29.5 Å². The lowest BCUT2D eigenvalue weighted by atomic mass is 10.1. The van der Waals surface area contributed by atoms with Crippen molar-refractivity contribution in [3.05, 3.63) is 35.1 Å². The van der Waals surface area contributed by atoms with Crippen molar-refractivity contribution >= 4 is 39.7 Å². The number of rotatable bonds is 8. The summed E-state index contributed by atoms with van der Waals surface area (Å²) in [5.41, 5.74) is 9.62. The van der Waals surface area contributed by atoms with Gasteiger partial charge in [0, 0.05) is 18.2 Å². The van der Waals surface area contributed by atoms with Gasteiger partial charge in [-0.2, -0.15) is 13.2 Å². The van der Waals surface area contributed by atoms with Crippen LogP contribution in [0.1, 0.15) is 37.8 Å². The van der Waals surface area contributed by atoms with E-state index in [0.29, 0.717) is 30.6 Å². The second-order valence-electron chi connectivity index (χ2n) is 5.97. The molecule has 0 unspecified atom stereocenters. The van der Waals surface area contributed by atoms with Crippen molar-refractivity contribution in [2.75, 3.05) is 10.6 Å². The van der Waals surface area contributed by atoms with E-state index in [1.54, 1.807) is 0 Å². The summed E-state index contributed by atoms with van der Waals surface area (Å²) in [6.07, 6.45) is -3.07. The molecule has 2 aromatic rings. The van der Waals surface area contributed by atoms with Crippen LogP contribution in [-0.2, 0) is 15.8 Å². The lowest BCUT2D eigenvalue weighted by Gasteiger charge is -2.22. The van der Waals surface area contributed by atoms with Gasteiger partial charge in [-0.15, -0.1) is 11.3 Å². The third-order valence-corrected chi connectivity index (χ3v) is 4.59. The number of halogens is 4. The quantitative estimate of drug-likeness (QED) is 0.384. The van der Waals surface area contributed by atoms with Gasteiger partial charge in [0.25, 0.3) is 0 Å². The summed E-state index contributed by atoms with van der Waals surface area (Å²) < 4.78 is 52.0. The van der Waals surface area contributed by atoms with Gasteiger partial charge >= 0.3 is 6.18 Å². The Morgan fingerprint density at radius 3 is 2.39 bits per heavy atom. The maximum absolute atomic E-state index is 13.3. The number of aromatic nitrogens is 1. The molecule has 0 fully saturated rings. The molecular formula is C17H18F4N4O2S. The average molecular weight is 418 g/mol. The molecule has 0 bridgehead atoms. The highest BCUT2D eigenvalue weighted by Crippen LogP contribution is 2.37. The molecule has 0 spiro atoms. The summed E-state index contributed by atoms with van der Waals surface area (Å²) in [5.74, 6) is -1.63. The van der Waals surface area contributed by atoms with Crippen LogP contribution in [0.3, 0.4) is 0 Å². The lowest BCUT2D eigenvalue weighted by Crippen LogP contribution is -2.26. The van der Waals surface area contributed by atoms with Crippen LogP contribution in [0.4, 0.5) is 34.1 Å². The van der Waals surface area contributed by atoms with Crippen LogP contribution in [-0.4, -0.2) is 16.8 Å². The van der Waals surface area contributed by atoms with Crippen molar-refractivity contribution in [1.29, 1.82) is 0 Å². The van der Waals surface area contributed by atoms with E-state index in [2.05, 4.69) is 4.98 Å². The zero-order valence-corrected chi connectivity index (χ0v) is 15.4. The first-order valence-corrected chi connectivity index (χ1v) is 9.16. The van der Waals surface area contributed by atoms with Gasteiger partial charge in [-0.25, -0.2) is 9.37 Å². The van der Waals surface area contributed by atoms with Crippen molar-refractivity contribution < 1.29 is 27.2 Å². The lowest BCUT2D eigenvalue weighted by molar-refractivity contribution is -0.140. The summed E-state index contributed by atoms with van der Waals surface area (Å²) >= 11 is 0.632. The molecule has 152 valence electrons. The molecule has 28 heavy (non-hydrogen) atoms. The summed E-state index contributed by atoms with van der Waals surface area (Å²) in [6.45, 7) is 0. The number of alkyl halides is 3. The Hall–Kier alpha value is -2.69. The number of hydrogen-bond donors (Lipinski definition) is 2. The first kappa shape index (κ1) is 21.6. The van der Waals surface area contributed by atoms with E-state index in [1.165, 1.54) is 6.07 Å². The zero-order chi connectivity index (χ0) is 20.9.